The Morgan fingerprint density at radius 1 is 1.32 bits per heavy atom. The molecule has 0 fully saturated rings. The maximum Gasteiger partial charge on any atom is 0.0951 e. The van der Waals surface area contributed by atoms with Crippen LogP contribution in [-0.2, 0) is 0 Å². The summed E-state index contributed by atoms with van der Waals surface area (Å²) in [4.78, 5) is 6.64. The minimum Gasteiger partial charge on any atom is -0.397 e. The number of aliphatic hydroxyl groups is 1. The normalized spacial score (nSPS) is 11.2. The van der Waals surface area contributed by atoms with Crippen LogP contribution in [0.15, 0.2) is 30.5 Å². The molecule has 1 heterocycles. The number of benzene rings is 1. The van der Waals surface area contributed by atoms with E-state index in [2.05, 4.69) is 23.7 Å². The molecule has 0 bridgehead atoms. The first kappa shape index (κ1) is 13.6. The second-order valence-corrected chi connectivity index (χ2v) is 4.94. The Hall–Kier alpha value is -1.81. The Bertz CT molecular complexity index is 554. The van der Waals surface area contributed by atoms with Crippen LogP contribution in [0.2, 0.25) is 0 Å². The van der Waals surface area contributed by atoms with Gasteiger partial charge in [-0.05, 0) is 44.5 Å². The molecule has 0 saturated heterocycles. The highest BCUT2D eigenvalue weighted by Gasteiger charge is 2.14. The van der Waals surface area contributed by atoms with Crippen LogP contribution in [0.25, 0.3) is 10.9 Å². The molecule has 0 aliphatic heterocycles. The maximum absolute atomic E-state index is 9.04. The van der Waals surface area contributed by atoms with Gasteiger partial charge in [-0.15, -0.1) is 0 Å². The fourth-order valence-corrected chi connectivity index (χ4v) is 2.33. The Morgan fingerprint density at radius 2 is 2.11 bits per heavy atom. The average Bonchev–Trinajstić information content (AvgIpc) is 2.41. The van der Waals surface area contributed by atoms with Gasteiger partial charge < -0.3 is 15.7 Å². The molecule has 0 spiro atoms. The van der Waals surface area contributed by atoms with Gasteiger partial charge in [0, 0.05) is 36.5 Å². The van der Waals surface area contributed by atoms with E-state index in [0.29, 0.717) is 11.7 Å². The van der Waals surface area contributed by atoms with Gasteiger partial charge in [0.05, 0.1) is 11.2 Å². The van der Waals surface area contributed by atoms with Crippen LogP contribution >= 0.6 is 0 Å². The molecule has 0 saturated carbocycles. The summed E-state index contributed by atoms with van der Waals surface area (Å²) in [5, 5.41) is 10.1. The average molecular weight is 259 g/mol. The summed E-state index contributed by atoms with van der Waals surface area (Å²) in [5.41, 5.74) is 8.65. The molecule has 0 radical (unpaired) electrons. The lowest BCUT2D eigenvalue weighted by Crippen LogP contribution is -2.32. The minimum atomic E-state index is 0.203. The number of pyridine rings is 1. The second-order valence-electron chi connectivity index (χ2n) is 4.94. The number of nitrogens with zero attached hydrogens (tertiary/aromatic N) is 2. The number of nitrogens with two attached hydrogens (primary N) is 1. The predicted molar refractivity (Wildman–Crippen MR) is 80.3 cm³/mol. The highest BCUT2D eigenvalue weighted by Crippen LogP contribution is 2.30. The number of nitrogen functional groups attached to an aromatic ring is 1. The lowest BCUT2D eigenvalue weighted by molar-refractivity contribution is 0.288. The molecule has 2 rings (SSSR count). The van der Waals surface area contributed by atoms with Gasteiger partial charge in [0.1, 0.15) is 0 Å². The number of aromatic nitrogens is 1. The second kappa shape index (κ2) is 5.89. The summed E-state index contributed by atoms with van der Waals surface area (Å²) < 4.78 is 0. The third kappa shape index (κ3) is 2.79. The minimum absolute atomic E-state index is 0.203. The molecular formula is C15H21N3O. The number of fused-ring (bicyclic) bond motifs is 1. The Kier molecular flexibility index (Phi) is 4.22. The summed E-state index contributed by atoms with van der Waals surface area (Å²) in [6.45, 7) is 5.32. The van der Waals surface area contributed by atoms with Crippen molar-refractivity contribution < 1.29 is 5.11 Å². The maximum atomic E-state index is 9.04. The van der Waals surface area contributed by atoms with E-state index in [1.165, 1.54) is 0 Å². The SMILES string of the molecule is CC(C)N(CCCO)c1ccc(N)c2ncccc12. The number of hydrogen-bond donors (Lipinski definition) is 2. The summed E-state index contributed by atoms with van der Waals surface area (Å²) >= 11 is 0. The first-order valence-corrected chi connectivity index (χ1v) is 6.66. The molecule has 1 aromatic carbocycles. The number of anilines is 2. The van der Waals surface area contributed by atoms with Gasteiger partial charge in [-0.3, -0.25) is 4.98 Å². The first-order chi connectivity index (χ1) is 9.15. The smallest absolute Gasteiger partial charge is 0.0951 e. The Morgan fingerprint density at radius 3 is 2.79 bits per heavy atom. The van der Waals surface area contributed by atoms with E-state index in [9.17, 15) is 0 Å². The summed E-state index contributed by atoms with van der Waals surface area (Å²) in [5.74, 6) is 0. The highest BCUT2D eigenvalue weighted by atomic mass is 16.3. The monoisotopic (exact) mass is 259 g/mol. The van der Waals surface area contributed by atoms with E-state index < -0.39 is 0 Å². The molecule has 0 aliphatic carbocycles. The van der Waals surface area contributed by atoms with Gasteiger partial charge in [-0.25, -0.2) is 0 Å². The van der Waals surface area contributed by atoms with Gasteiger partial charge in [0.15, 0.2) is 0 Å². The largest absolute Gasteiger partial charge is 0.397 e. The summed E-state index contributed by atoms with van der Waals surface area (Å²) in [6.07, 6.45) is 2.51. The van der Waals surface area contributed by atoms with E-state index in [-0.39, 0.29) is 6.61 Å². The van der Waals surface area contributed by atoms with Crippen molar-refractivity contribution in [3.8, 4) is 0 Å². The Labute approximate surface area is 113 Å². The van der Waals surface area contributed by atoms with Gasteiger partial charge in [-0.1, -0.05) is 0 Å². The molecule has 2 aromatic rings. The van der Waals surface area contributed by atoms with E-state index >= 15 is 0 Å². The van der Waals surface area contributed by atoms with E-state index in [0.717, 1.165) is 29.6 Å². The molecule has 4 nitrogen and oxygen atoms in total. The zero-order valence-corrected chi connectivity index (χ0v) is 11.5. The van der Waals surface area contributed by atoms with Crippen molar-refractivity contribution >= 4 is 22.3 Å². The van der Waals surface area contributed by atoms with Crippen LogP contribution in [-0.4, -0.2) is 29.3 Å². The van der Waals surface area contributed by atoms with Crippen LogP contribution in [0.1, 0.15) is 20.3 Å². The zero-order valence-electron chi connectivity index (χ0n) is 11.5. The van der Waals surface area contributed by atoms with Gasteiger partial charge in [0.2, 0.25) is 0 Å². The molecule has 19 heavy (non-hydrogen) atoms. The molecule has 0 aliphatic rings. The molecule has 0 atom stereocenters. The van der Waals surface area contributed by atoms with Gasteiger partial charge in [0.25, 0.3) is 0 Å². The topological polar surface area (TPSA) is 62.4 Å². The van der Waals surface area contributed by atoms with Crippen molar-refractivity contribution in [2.75, 3.05) is 23.8 Å². The summed E-state index contributed by atoms with van der Waals surface area (Å²) in [6, 6.07) is 8.27. The summed E-state index contributed by atoms with van der Waals surface area (Å²) in [7, 11) is 0. The van der Waals surface area contributed by atoms with E-state index in [1.54, 1.807) is 6.20 Å². The van der Waals surface area contributed by atoms with Crippen LogP contribution in [0, 0.1) is 0 Å². The quantitative estimate of drug-likeness (QED) is 0.809. The zero-order chi connectivity index (χ0) is 13.8. The Balaban J connectivity index is 2.50. The van der Waals surface area contributed by atoms with Crippen molar-refractivity contribution in [3.63, 3.8) is 0 Å². The lowest BCUT2D eigenvalue weighted by Gasteiger charge is -2.30. The molecule has 0 amide bonds. The van der Waals surface area contributed by atoms with Crippen molar-refractivity contribution in [1.29, 1.82) is 0 Å². The van der Waals surface area contributed by atoms with Gasteiger partial charge >= 0.3 is 0 Å². The third-order valence-electron chi connectivity index (χ3n) is 3.27. The predicted octanol–water partition coefficient (Wildman–Crippen LogP) is 2.41. The lowest BCUT2D eigenvalue weighted by atomic mass is 10.1. The molecule has 1 aromatic heterocycles. The van der Waals surface area contributed by atoms with Crippen LogP contribution < -0.4 is 10.6 Å². The fraction of sp³-hybridized carbons (Fsp3) is 0.400. The van der Waals surface area contributed by atoms with Crippen LogP contribution in [0.3, 0.4) is 0 Å². The van der Waals surface area contributed by atoms with Crippen molar-refractivity contribution in [3.05, 3.63) is 30.5 Å². The van der Waals surface area contributed by atoms with Crippen molar-refractivity contribution in [2.45, 2.75) is 26.3 Å². The number of aliphatic hydroxyl groups excluding tert-OH is 1. The van der Waals surface area contributed by atoms with Gasteiger partial charge in [-0.2, -0.15) is 0 Å². The standard InChI is InChI=1S/C15H21N3O/c1-11(2)18(9-4-10-19)14-7-6-13(16)15-12(14)5-3-8-17-15/h3,5-8,11,19H,4,9-10,16H2,1-2H3. The molecule has 3 N–H and O–H groups in total. The van der Waals surface area contributed by atoms with E-state index in [1.807, 2.05) is 24.3 Å². The third-order valence-corrected chi connectivity index (χ3v) is 3.27. The first-order valence-electron chi connectivity index (χ1n) is 6.66. The van der Waals surface area contributed by atoms with Crippen LogP contribution in [0.5, 0.6) is 0 Å². The van der Waals surface area contributed by atoms with Crippen LogP contribution in [0.4, 0.5) is 11.4 Å². The fourth-order valence-electron chi connectivity index (χ4n) is 2.33. The van der Waals surface area contributed by atoms with E-state index in [4.69, 9.17) is 10.8 Å². The molecule has 0 unspecified atom stereocenters. The number of rotatable bonds is 5. The number of hydrogen-bond acceptors (Lipinski definition) is 4. The molecular weight excluding hydrogens is 238 g/mol. The molecule has 4 heteroatoms. The molecule has 102 valence electrons. The van der Waals surface area contributed by atoms with Crippen molar-refractivity contribution in [2.24, 2.45) is 0 Å². The highest BCUT2D eigenvalue weighted by molar-refractivity contribution is 5.98. The van der Waals surface area contributed by atoms with Crippen molar-refractivity contribution in [1.82, 2.24) is 4.98 Å².